The minimum absolute atomic E-state index is 0.0256. The van der Waals surface area contributed by atoms with E-state index in [-0.39, 0.29) is 6.04 Å². The molecule has 0 radical (unpaired) electrons. The smallest absolute Gasteiger partial charge is 0.226 e. The average molecular weight is 381 g/mol. The Kier molecular flexibility index (Phi) is 3.94. The molecule has 5 heteroatoms. The van der Waals surface area contributed by atoms with Gasteiger partial charge in [-0.2, -0.15) is 10.1 Å². The number of nitrogens with one attached hydrogen (secondary N) is 1. The molecular formula is C19H17BrN4. The van der Waals surface area contributed by atoms with Crippen molar-refractivity contribution in [2.75, 3.05) is 5.32 Å². The van der Waals surface area contributed by atoms with Crippen LogP contribution in [0.1, 0.15) is 29.7 Å². The van der Waals surface area contributed by atoms with Crippen LogP contribution in [-0.2, 0) is 6.42 Å². The van der Waals surface area contributed by atoms with E-state index in [9.17, 15) is 0 Å². The quantitative estimate of drug-likeness (QED) is 0.718. The van der Waals surface area contributed by atoms with Crippen LogP contribution in [0.25, 0.3) is 5.70 Å². The summed E-state index contributed by atoms with van der Waals surface area (Å²) in [6.07, 6.45) is 4.83. The summed E-state index contributed by atoms with van der Waals surface area (Å²) < 4.78 is 2.98. The first-order valence-corrected chi connectivity index (χ1v) is 8.77. The van der Waals surface area contributed by atoms with Gasteiger partial charge >= 0.3 is 0 Å². The maximum absolute atomic E-state index is 4.38. The van der Waals surface area contributed by atoms with Crippen LogP contribution in [0.5, 0.6) is 0 Å². The van der Waals surface area contributed by atoms with Crippen LogP contribution in [0.2, 0.25) is 0 Å². The van der Waals surface area contributed by atoms with Gasteiger partial charge < -0.3 is 5.32 Å². The first-order valence-electron chi connectivity index (χ1n) is 7.97. The maximum atomic E-state index is 4.38. The fraction of sp³-hybridized carbons (Fsp3) is 0.158. The van der Waals surface area contributed by atoms with Crippen LogP contribution < -0.4 is 5.32 Å². The molecule has 0 fully saturated rings. The second-order valence-corrected chi connectivity index (χ2v) is 6.70. The number of allylic oxidation sites excluding steroid dienone is 1. The molecule has 0 unspecified atom stereocenters. The van der Waals surface area contributed by atoms with Gasteiger partial charge in [0.25, 0.3) is 0 Å². The lowest BCUT2D eigenvalue weighted by Crippen LogP contribution is -2.20. The molecule has 2 heterocycles. The highest BCUT2D eigenvalue weighted by atomic mass is 79.9. The third kappa shape index (κ3) is 2.76. The van der Waals surface area contributed by atoms with Crippen LogP contribution in [0.3, 0.4) is 0 Å². The number of aromatic nitrogens is 3. The molecule has 0 amide bonds. The van der Waals surface area contributed by atoms with Crippen molar-refractivity contribution >= 4 is 27.6 Å². The first-order chi connectivity index (χ1) is 11.7. The Morgan fingerprint density at radius 3 is 2.54 bits per heavy atom. The molecule has 1 aliphatic heterocycles. The van der Waals surface area contributed by atoms with Gasteiger partial charge in [0, 0.05) is 10.2 Å². The molecule has 3 aromatic rings. The van der Waals surface area contributed by atoms with Crippen molar-refractivity contribution in [2.45, 2.75) is 19.4 Å². The summed E-state index contributed by atoms with van der Waals surface area (Å²) in [6.45, 7) is 2.17. The average Bonchev–Trinajstić information content (AvgIpc) is 3.10. The molecule has 4 nitrogen and oxygen atoms in total. The van der Waals surface area contributed by atoms with Crippen molar-refractivity contribution in [2.24, 2.45) is 0 Å². The Morgan fingerprint density at radius 1 is 1.08 bits per heavy atom. The zero-order valence-electron chi connectivity index (χ0n) is 13.3. The first kappa shape index (κ1) is 15.1. The molecule has 1 aliphatic rings. The van der Waals surface area contributed by atoms with Crippen molar-refractivity contribution < 1.29 is 0 Å². The number of aryl methyl sites for hydroxylation is 1. The zero-order valence-corrected chi connectivity index (χ0v) is 14.9. The van der Waals surface area contributed by atoms with Crippen LogP contribution in [0, 0.1) is 0 Å². The van der Waals surface area contributed by atoms with Gasteiger partial charge in [0.1, 0.15) is 12.4 Å². The molecule has 2 aromatic carbocycles. The Bertz CT molecular complexity index is 878. The van der Waals surface area contributed by atoms with Crippen LogP contribution in [0.4, 0.5) is 5.95 Å². The Hall–Kier alpha value is -2.40. The van der Waals surface area contributed by atoms with E-state index in [1.165, 1.54) is 11.1 Å². The number of hydrogen-bond donors (Lipinski definition) is 1. The number of nitrogens with zero attached hydrogens (tertiary/aromatic N) is 3. The number of fused-ring (bicyclic) bond motifs is 1. The molecule has 0 bridgehead atoms. The van der Waals surface area contributed by atoms with E-state index in [2.05, 4.69) is 92.9 Å². The predicted octanol–water partition coefficient (Wildman–Crippen LogP) is 4.66. The zero-order chi connectivity index (χ0) is 16.5. The molecule has 0 saturated carbocycles. The Labute approximate surface area is 149 Å². The van der Waals surface area contributed by atoms with E-state index in [4.69, 9.17) is 0 Å². The summed E-state index contributed by atoms with van der Waals surface area (Å²) in [6, 6.07) is 17.0. The van der Waals surface area contributed by atoms with Crippen molar-refractivity contribution in [1.29, 1.82) is 0 Å². The molecule has 1 atom stereocenters. The summed E-state index contributed by atoms with van der Waals surface area (Å²) in [5, 5.41) is 7.76. The predicted molar refractivity (Wildman–Crippen MR) is 99.7 cm³/mol. The topological polar surface area (TPSA) is 42.7 Å². The minimum Gasteiger partial charge on any atom is -0.324 e. The van der Waals surface area contributed by atoms with Gasteiger partial charge in [-0.1, -0.05) is 59.3 Å². The summed E-state index contributed by atoms with van der Waals surface area (Å²) in [4.78, 5) is 4.35. The van der Waals surface area contributed by atoms with Gasteiger partial charge in [-0.15, -0.1) is 0 Å². The van der Waals surface area contributed by atoms with Gasteiger partial charge in [-0.25, -0.2) is 4.68 Å². The lowest BCUT2D eigenvalue weighted by atomic mass is 10.0. The summed E-state index contributed by atoms with van der Waals surface area (Å²) in [5.41, 5.74) is 4.73. The normalized spacial score (nSPS) is 16.2. The van der Waals surface area contributed by atoms with E-state index >= 15 is 0 Å². The SMILES string of the molecule is CCc1ccc(C2=C[C@H](c3ccc(Br)cc3)n3ncnc3N2)cc1. The fourth-order valence-corrected chi connectivity index (χ4v) is 3.18. The van der Waals surface area contributed by atoms with Crippen molar-refractivity contribution in [3.8, 4) is 0 Å². The highest BCUT2D eigenvalue weighted by molar-refractivity contribution is 9.10. The largest absolute Gasteiger partial charge is 0.324 e. The van der Waals surface area contributed by atoms with Gasteiger partial charge in [0.15, 0.2) is 0 Å². The van der Waals surface area contributed by atoms with Gasteiger partial charge in [-0.3, -0.25) is 0 Å². The highest BCUT2D eigenvalue weighted by Crippen LogP contribution is 2.32. The highest BCUT2D eigenvalue weighted by Gasteiger charge is 2.23. The molecular weight excluding hydrogens is 364 g/mol. The van der Waals surface area contributed by atoms with Gasteiger partial charge in [0.05, 0.1) is 0 Å². The summed E-state index contributed by atoms with van der Waals surface area (Å²) in [5.74, 6) is 0.764. The molecule has 0 saturated heterocycles. The van der Waals surface area contributed by atoms with Crippen molar-refractivity contribution in [3.05, 3.63) is 82.1 Å². The minimum atomic E-state index is 0.0256. The molecule has 0 spiro atoms. The lowest BCUT2D eigenvalue weighted by molar-refractivity contribution is 0.612. The maximum Gasteiger partial charge on any atom is 0.226 e. The van der Waals surface area contributed by atoms with E-state index < -0.39 is 0 Å². The number of halogens is 1. The fourth-order valence-electron chi connectivity index (χ4n) is 2.92. The molecule has 4 rings (SSSR count). The van der Waals surface area contributed by atoms with Crippen LogP contribution >= 0.6 is 15.9 Å². The van der Waals surface area contributed by atoms with Crippen LogP contribution in [0.15, 0.2) is 65.4 Å². The Morgan fingerprint density at radius 2 is 1.83 bits per heavy atom. The van der Waals surface area contributed by atoms with E-state index in [0.717, 1.165) is 28.1 Å². The second kappa shape index (κ2) is 6.24. The van der Waals surface area contributed by atoms with E-state index in [1.54, 1.807) is 6.33 Å². The second-order valence-electron chi connectivity index (χ2n) is 5.78. The summed E-state index contributed by atoms with van der Waals surface area (Å²) >= 11 is 3.49. The molecule has 1 N–H and O–H groups in total. The van der Waals surface area contributed by atoms with Crippen molar-refractivity contribution in [1.82, 2.24) is 14.8 Å². The summed E-state index contributed by atoms with van der Waals surface area (Å²) in [7, 11) is 0. The van der Waals surface area contributed by atoms with Crippen LogP contribution in [-0.4, -0.2) is 14.8 Å². The molecule has 0 aliphatic carbocycles. The molecule has 1 aromatic heterocycles. The number of anilines is 1. The number of hydrogen-bond acceptors (Lipinski definition) is 3. The van der Waals surface area contributed by atoms with E-state index in [0.29, 0.717) is 0 Å². The lowest BCUT2D eigenvalue weighted by Gasteiger charge is -2.24. The van der Waals surface area contributed by atoms with Crippen molar-refractivity contribution in [3.63, 3.8) is 0 Å². The Balaban J connectivity index is 1.76. The number of benzene rings is 2. The van der Waals surface area contributed by atoms with E-state index in [1.807, 2.05) is 4.68 Å². The monoisotopic (exact) mass is 380 g/mol. The molecule has 24 heavy (non-hydrogen) atoms. The molecule has 120 valence electrons. The van der Waals surface area contributed by atoms with Gasteiger partial charge in [0.2, 0.25) is 5.95 Å². The third-order valence-corrected chi connectivity index (χ3v) is 4.82. The standard InChI is InChI=1S/C19H17BrN4/c1-2-13-3-5-14(6-4-13)17-11-18(15-7-9-16(20)10-8-15)24-19(23-17)21-12-22-24/h3-12,18H,2H2,1H3,(H,21,22,23)/t18-/m1/s1. The van der Waals surface area contributed by atoms with Gasteiger partial charge in [-0.05, 0) is 41.3 Å². The number of rotatable bonds is 3. The third-order valence-electron chi connectivity index (χ3n) is 4.29.